The molecule has 1 fully saturated rings. The van der Waals surface area contributed by atoms with Gasteiger partial charge in [-0.05, 0) is 26.7 Å². The normalized spacial score (nSPS) is 20.8. The van der Waals surface area contributed by atoms with Crippen molar-refractivity contribution >= 4 is 11.3 Å². The molecular formula is C14H24N2OS. The second-order valence-corrected chi connectivity index (χ2v) is 6.54. The number of nitrogens with one attached hydrogen (secondary N) is 1. The fourth-order valence-electron chi connectivity index (χ4n) is 2.72. The number of aromatic nitrogens is 1. The van der Waals surface area contributed by atoms with E-state index in [1.165, 1.54) is 19.3 Å². The third-order valence-corrected chi connectivity index (χ3v) is 5.19. The minimum atomic E-state index is 0.110. The van der Waals surface area contributed by atoms with Gasteiger partial charge in [-0.25, -0.2) is 4.98 Å². The fraction of sp³-hybridized carbons (Fsp3) is 0.786. The summed E-state index contributed by atoms with van der Waals surface area (Å²) in [6, 6.07) is 0.286. The zero-order chi connectivity index (χ0) is 13.0. The van der Waals surface area contributed by atoms with Crippen molar-refractivity contribution in [3.05, 3.63) is 16.1 Å². The van der Waals surface area contributed by atoms with Crippen LogP contribution >= 0.6 is 11.3 Å². The minimum Gasteiger partial charge on any atom is -0.396 e. The lowest BCUT2D eigenvalue weighted by Crippen LogP contribution is -2.39. The first-order chi connectivity index (χ1) is 8.65. The van der Waals surface area contributed by atoms with Crippen LogP contribution < -0.4 is 5.32 Å². The molecule has 1 aliphatic rings. The second kappa shape index (κ2) is 6.13. The van der Waals surface area contributed by atoms with Crippen LogP contribution in [0.4, 0.5) is 0 Å². The van der Waals surface area contributed by atoms with Gasteiger partial charge in [0.25, 0.3) is 0 Å². The summed E-state index contributed by atoms with van der Waals surface area (Å²) in [6.07, 6.45) is 6.14. The molecule has 0 saturated heterocycles. The molecule has 18 heavy (non-hydrogen) atoms. The molecule has 0 aromatic carbocycles. The molecule has 0 aliphatic heterocycles. The van der Waals surface area contributed by atoms with Gasteiger partial charge in [-0.15, -0.1) is 11.3 Å². The summed E-state index contributed by atoms with van der Waals surface area (Å²) in [6.45, 7) is 5.40. The molecule has 1 unspecified atom stereocenters. The Labute approximate surface area is 114 Å². The van der Waals surface area contributed by atoms with Crippen LogP contribution in [0.25, 0.3) is 0 Å². The van der Waals surface area contributed by atoms with Crippen molar-refractivity contribution in [2.75, 3.05) is 13.2 Å². The third kappa shape index (κ3) is 3.31. The zero-order valence-electron chi connectivity index (χ0n) is 11.4. The quantitative estimate of drug-likeness (QED) is 0.862. The highest BCUT2D eigenvalue weighted by atomic mass is 32.1. The Balaban J connectivity index is 1.89. The Kier molecular flexibility index (Phi) is 4.76. The second-order valence-electron chi connectivity index (χ2n) is 5.65. The lowest BCUT2D eigenvalue weighted by Gasteiger charge is -2.36. The van der Waals surface area contributed by atoms with Crippen LogP contribution in [-0.2, 0) is 0 Å². The molecule has 0 amide bonds. The van der Waals surface area contributed by atoms with Crippen molar-refractivity contribution in [2.45, 2.75) is 52.0 Å². The number of aliphatic hydroxyl groups is 1. The third-order valence-electron chi connectivity index (χ3n) is 4.04. The summed E-state index contributed by atoms with van der Waals surface area (Å²) in [5.41, 5.74) is 1.21. The maximum atomic E-state index is 9.68. The fourth-order valence-corrected chi connectivity index (χ4v) is 3.55. The summed E-state index contributed by atoms with van der Waals surface area (Å²) in [5, 5.41) is 16.5. The van der Waals surface area contributed by atoms with Crippen LogP contribution in [-0.4, -0.2) is 23.2 Å². The van der Waals surface area contributed by atoms with E-state index >= 15 is 0 Å². The van der Waals surface area contributed by atoms with Crippen LogP contribution in [0.15, 0.2) is 5.38 Å². The van der Waals surface area contributed by atoms with E-state index in [1.807, 2.05) is 6.92 Å². The molecule has 3 nitrogen and oxygen atoms in total. The van der Waals surface area contributed by atoms with E-state index in [0.717, 1.165) is 30.1 Å². The van der Waals surface area contributed by atoms with Gasteiger partial charge in [0.05, 0.1) is 6.04 Å². The zero-order valence-corrected chi connectivity index (χ0v) is 12.2. The molecule has 0 radical (unpaired) electrons. The molecule has 1 aromatic heterocycles. The van der Waals surface area contributed by atoms with Crippen LogP contribution in [0, 0.1) is 12.3 Å². The average molecular weight is 268 g/mol. The minimum absolute atomic E-state index is 0.110. The highest BCUT2D eigenvalue weighted by molar-refractivity contribution is 7.09. The Morgan fingerprint density at radius 3 is 2.72 bits per heavy atom. The molecule has 2 N–H and O–H groups in total. The molecular weight excluding hydrogens is 244 g/mol. The van der Waals surface area contributed by atoms with Crippen LogP contribution in [0.2, 0.25) is 0 Å². The highest BCUT2D eigenvalue weighted by Crippen LogP contribution is 2.35. The number of hydrogen-bond donors (Lipinski definition) is 2. The summed E-state index contributed by atoms with van der Waals surface area (Å²) in [4.78, 5) is 4.52. The van der Waals surface area contributed by atoms with Gasteiger partial charge >= 0.3 is 0 Å². The lowest BCUT2D eigenvalue weighted by atomic mass is 9.74. The van der Waals surface area contributed by atoms with E-state index in [-0.39, 0.29) is 11.5 Å². The number of aliphatic hydroxyl groups excluding tert-OH is 1. The topological polar surface area (TPSA) is 45.1 Å². The molecule has 2 rings (SSSR count). The van der Waals surface area contributed by atoms with Crippen molar-refractivity contribution in [1.82, 2.24) is 10.3 Å². The molecule has 1 aliphatic carbocycles. The first-order valence-electron chi connectivity index (χ1n) is 6.91. The monoisotopic (exact) mass is 268 g/mol. The van der Waals surface area contributed by atoms with E-state index < -0.39 is 0 Å². The summed E-state index contributed by atoms with van der Waals surface area (Å²) < 4.78 is 0. The largest absolute Gasteiger partial charge is 0.396 e. The predicted molar refractivity (Wildman–Crippen MR) is 75.9 cm³/mol. The van der Waals surface area contributed by atoms with Crippen molar-refractivity contribution in [3.8, 4) is 0 Å². The summed E-state index contributed by atoms with van der Waals surface area (Å²) >= 11 is 1.71. The van der Waals surface area contributed by atoms with E-state index in [0.29, 0.717) is 6.61 Å². The van der Waals surface area contributed by atoms with E-state index in [4.69, 9.17) is 0 Å². The number of thiazole rings is 1. The number of hydrogen-bond acceptors (Lipinski definition) is 4. The van der Waals surface area contributed by atoms with Gasteiger partial charge in [0.2, 0.25) is 0 Å². The average Bonchev–Trinajstić information content (AvgIpc) is 2.84. The van der Waals surface area contributed by atoms with Crippen molar-refractivity contribution in [3.63, 3.8) is 0 Å². The van der Waals surface area contributed by atoms with Crippen LogP contribution in [0.5, 0.6) is 0 Å². The van der Waals surface area contributed by atoms with Crippen LogP contribution in [0.3, 0.4) is 0 Å². The molecule has 102 valence electrons. The highest BCUT2D eigenvalue weighted by Gasteiger charge is 2.31. The van der Waals surface area contributed by atoms with Crippen molar-refractivity contribution in [1.29, 1.82) is 0 Å². The first kappa shape index (κ1) is 14.0. The van der Waals surface area contributed by atoms with Gasteiger partial charge < -0.3 is 10.4 Å². The number of aryl methyl sites for hydroxylation is 1. The maximum absolute atomic E-state index is 9.68. The molecule has 4 heteroatoms. The lowest BCUT2D eigenvalue weighted by molar-refractivity contribution is 0.0788. The smallest absolute Gasteiger partial charge is 0.110 e. The molecule has 0 spiro atoms. The van der Waals surface area contributed by atoms with E-state index in [2.05, 4.69) is 22.6 Å². The van der Waals surface area contributed by atoms with Crippen molar-refractivity contribution in [2.24, 2.45) is 5.41 Å². The number of nitrogens with zero attached hydrogens (tertiary/aromatic N) is 1. The Morgan fingerprint density at radius 1 is 1.44 bits per heavy atom. The Bertz CT molecular complexity index is 372. The van der Waals surface area contributed by atoms with Crippen molar-refractivity contribution < 1.29 is 5.11 Å². The van der Waals surface area contributed by atoms with Gasteiger partial charge in [-0.3, -0.25) is 0 Å². The molecule has 1 aromatic rings. The van der Waals surface area contributed by atoms with Gasteiger partial charge in [-0.2, -0.15) is 0 Å². The summed E-state index contributed by atoms with van der Waals surface area (Å²) in [5.74, 6) is 0. The standard InChI is InChI=1S/C14H24N2OS/c1-11-8-18-13(16-11)12(2)15-9-14(10-17)6-4-3-5-7-14/h8,12,15,17H,3-7,9-10H2,1-2H3. The predicted octanol–water partition coefficient (Wildman–Crippen LogP) is 3.04. The SMILES string of the molecule is Cc1csc(C(C)NCC2(CO)CCCCC2)n1. The molecule has 0 bridgehead atoms. The van der Waals surface area contributed by atoms with Gasteiger partial charge in [0, 0.05) is 29.6 Å². The maximum Gasteiger partial charge on any atom is 0.110 e. The Hall–Kier alpha value is -0.450. The Morgan fingerprint density at radius 2 is 2.17 bits per heavy atom. The van der Waals surface area contributed by atoms with Gasteiger partial charge in [-0.1, -0.05) is 19.3 Å². The van der Waals surface area contributed by atoms with Gasteiger partial charge in [0.15, 0.2) is 0 Å². The molecule has 1 atom stereocenters. The summed E-state index contributed by atoms with van der Waals surface area (Å²) in [7, 11) is 0. The first-order valence-corrected chi connectivity index (χ1v) is 7.79. The molecule has 1 heterocycles. The van der Waals surface area contributed by atoms with E-state index in [1.54, 1.807) is 11.3 Å². The molecule has 1 saturated carbocycles. The van der Waals surface area contributed by atoms with E-state index in [9.17, 15) is 5.11 Å². The van der Waals surface area contributed by atoms with Crippen LogP contribution in [0.1, 0.15) is 55.8 Å². The number of rotatable bonds is 5. The van der Waals surface area contributed by atoms with Gasteiger partial charge in [0.1, 0.15) is 5.01 Å².